The molecule has 1 atom stereocenters. The van der Waals surface area contributed by atoms with Crippen molar-refractivity contribution in [2.45, 2.75) is 19.5 Å². The van der Waals surface area contributed by atoms with E-state index in [1.54, 1.807) is 29.0 Å². The van der Waals surface area contributed by atoms with E-state index >= 15 is 0 Å². The molecule has 3 rings (SSSR count). The Hall–Kier alpha value is -3.11. The van der Waals surface area contributed by atoms with Gasteiger partial charge in [-0.05, 0) is 48.5 Å². The summed E-state index contributed by atoms with van der Waals surface area (Å²) in [6, 6.07) is 5.48. The van der Waals surface area contributed by atoms with Crippen LogP contribution in [0.3, 0.4) is 0 Å². The smallest absolute Gasteiger partial charge is 0.417 e. The Morgan fingerprint density at radius 3 is 2.61 bits per heavy atom. The van der Waals surface area contributed by atoms with Gasteiger partial charge in [-0.1, -0.05) is 17.7 Å². The van der Waals surface area contributed by atoms with Gasteiger partial charge in [-0.15, -0.1) is 0 Å². The third-order valence-corrected chi connectivity index (χ3v) is 4.95. The van der Waals surface area contributed by atoms with Crippen molar-refractivity contribution < 1.29 is 19.8 Å². The van der Waals surface area contributed by atoms with Crippen LogP contribution in [0.2, 0.25) is 5.02 Å². The van der Waals surface area contributed by atoms with Crippen molar-refractivity contribution in [3.8, 4) is 0 Å². The lowest BCUT2D eigenvalue weighted by atomic mass is 10.00. The van der Waals surface area contributed by atoms with Gasteiger partial charge in [0.1, 0.15) is 5.52 Å². The van der Waals surface area contributed by atoms with E-state index < -0.39 is 18.2 Å². The van der Waals surface area contributed by atoms with Crippen LogP contribution >= 0.6 is 23.8 Å². The van der Waals surface area contributed by atoms with Gasteiger partial charge in [-0.3, -0.25) is 9.78 Å². The van der Waals surface area contributed by atoms with Crippen molar-refractivity contribution in [1.82, 2.24) is 19.4 Å². The molecule has 1 aromatic carbocycles. The number of aromatic amines is 2. The fraction of sp³-hybridized carbons (Fsp3) is 0.176. The Balaban J connectivity index is 2.14. The Morgan fingerprint density at radius 2 is 1.96 bits per heavy atom. The summed E-state index contributed by atoms with van der Waals surface area (Å²) in [6.07, 6.45) is -1.59. The molecule has 9 nitrogen and oxygen atoms in total. The number of fused-ring (bicyclic) bond motifs is 1. The molecule has 0 fully saturated rings. The Kier molecular flexibility index (Phi) is 5.25. The van der Waals surface area contributed by atoms with Gasteiger partial charge in [0, 0.05) is 11.2 Å². The van der Waals surface area contributed by atoms with Gasteiger partial charge >= 0.3 is 12.2 Å². The zero-order chi connectivity index (χ0) is 20.6. The Labute approximate surface area is 167 Å². The number of hydrogen-bond donors (Lipinski definition) is 4. The first kappa shape index (κ1) is 19.6. The first-order valence-electron chi connectivity index (χ1n) is 8.04. The number of carbonyl (C=O) groups is 2. The summed E-state index contributed by atoms with van der Waals surface area (Å²) in [5.74, 6) is 0. The highest BCUT2D eigenvalue weighted by Crippen LogP contribution is 2.28. The van der Waals surface area contributed by atoms with Gasteiger partial charge in [-0.25, -0.2) is 14.5 Å². The largest absolute Gasteiger partial charge is 0.465 e. The number of imide groups is 1. The number of hydrogen-bond acceptors (Lipinski definition) is 4. The molecule has 2 aromatic heterocycles. The van der Waals surface area contributed by atoms with Crippen LogP contribution in [-0.2, 0) is 6.54 Å². The van der Waals surface area contributed by atoms with Crippen LogP contribution < -0.4 is 5.56 Å². The Bertz CT molecular complexity index is 1180. The van der Waals surface area contributed by atoms with E-state index in [9.17, 15) is 24.6 Å². The molecule has 0 bridgehead atoms. The molecular weight excluding hydrogens is 408 g/mol. The molecule has 0 aliphatic heterocycles. The molecule has 11 heteroatoms. The maximum Gasteiger partial charge on any atom is 0.417 e. The van der Waals surface area contributed by atoms with Crippen LogP contribution in [0.5, 0.6) is 0 Å². The summed E-state index contributed by atoms with van der Waals surface area (Å²) in [4.78, 5) is 40.5. The number of nitrogens with zero attached hydrogens (tertiary/aromatic N) is 2. The van der Waals surface area contributed by atoms with Crippen LogP contribution in [0, 0.1) is 4.77 Å². The van der Waals surface area contributed by atoms with Gasteiger partial charge in [0.05, 0.1) is 18.1 Å². The second kappa shape index (κ2) is 7.49. The molecule has 3 aromatic rings. The molecular formula is C17H15ClN4O5S. The highest BCUT2D eigenvalue weighted by atomic mass is 35.5. The third-order valence-electron chi connectivity index (χ3n) is 4.39. The van der Waals surface area contributed by atoms with Crippen LogP contribution in [-0.4, -0.2) is 41.8 Å². The molecule has 146 valence electrons. The second-order valence-corrected chi connectivity index (χ2v) is 6.86. The highest BCUT2D eigenvalue weighted by molar-refractivity contribution is 7.71. The van der Waals surface area contributed by atoms with Crippen molar-refractivity contribution in [3.63, 3.8) is 0 Å². The van der Waals surface area contributed by atoms with Crippen LogP contribution in [0.15, 0.2) is 35.3 Å². The van der Waals surface area contributed by atoms with E-state index in [-0.39, 0.29) is 16.9 Å². The van der Waals surface area contributed by atoms with Crippen LogP contribution in [0.1, 0.15) is 24.1 Å². The number of aromatic nitrogens is 3. The highest BCUT2D eigenvalue weighted by Gasteiger charge is 2.29. The van der Waals surface area contributed by atoms with Crippen molar-refractivity contribution in [1.29, 1.82) is 0 Å². The molecule has 4 N–H and O–H groups in total. The SMILES string of the molecule is CC(c1cc(Cl)ccc1Cn1c(=S)[nH]c(=O)c2[nH]ccc21)N(C(=O)O)C(=O)O. The number of benzene rings is 1. The van der Waals surface area contributed by atoms with Gasteiger partial charge in [0.15, 0.2) is 4.77 Å². The van der Waals surface area contributed by atoms with Gasteiger partial charge in [0.25, 0.3) is 5.56 Å². The zero-order valence-corrected chi connectivity index (χ0v) is 16.0. The van der Waals surface area contributed by atoms with E-state index in [0.717, 1.165) is 0 Å². The lowest BCUT2D eigenvalue weighted by Gasteiger charge is -2.24. The summed E-state index contributed by atoms with van der Waals surface area (Å²) in [7, 11) is 0. The maximum absolute atomic E-state index is 12.0. The lowest BCUT2D eigenvalue weighted by molar-refractivity contribution is 0.109. The number of H-pyrrole nitrogens is 2. The monoisotopic (exact) mass is 422 g/mol. The Morgan fingerprint density at radius 1 is 1.29 bits per heavy atom. The molecule has 0 saturated carbocycles. The molecule has 28 heavy (non-hydrogen) atoms. The predicted octanol–water partition coefficient (Wildman–Crippen LogP) is 3.81. The molecule has 0 radical (unpaired) electrons. The fourth-order valence-corrected chi connectivity index (χ4v) is 3.52. The average molecular weight is 423 g/mol. The van der Waals surface area contributed by atoms with Crippen molar-refractivity contribution >= 4 is 47.0 Å². The quantitative estimate of drug-likeness (QED) is 0.473. The zero-order valence-electron chi connectivity index (χ0n) is 14.5. The average Bonchev–Trinajstić information content (AvgIpc) is 3.09. The summed E-state index contributed by atoms with van der Waals surface area (Å²) in [5.41, 5.74) is 1.57. The van der Waals surface area contributed by atoms with E-state index in [4.69, 9.17) is 23.8 Å². The number of halogens is 1. The summed E-state index contributed by atoms with van der Waals surface area (Å²) < 4.78 is 1.84. The van der Waals surface area contributed by atoms with E-state index in [2.05, 4.69) is 9.97 Å². The number of nitrogens with one attached hydrogen (secondary N) is 2. The number of rotatable bonds is 4. The molecule has 0 aliphatic rings. The normalized spacial score (nSPS) is 12.1. The van der Waals surface area contributed by atoms with Crippen LogP contribution in [0.4, 0.5) is 9.59 Å². The number of carboxylic acid groups (broad SMARTS) is 2. The van der Waals surface area contributed by atoms with E-state index in [1.807, 2.05) is 0 Å². The topological polar surface area (TPSA) is 131 Å². The summed E-state index contributed by atoms with van der Waals surface area (Å²) in [6.45, 7) is 1.63. The van der Waals surface area contributed by atoms with Crippen molar-refractivity contribution in [3.05, 3.63) is 61.7 Å². The standard InChI is InChI=1S/C17H15ClN4O5S/c1-8(22(16(24)25)17(26)27)11-6-10(18)3-2-9(11)7-21-12-4-5-19-13(12)14(23)20-15(21)28/h2-6,8,19H,7H2,1H3,(H,24,25)(H,26,27)(H,20,23,28). The second-order valence-electron chi connectivity index (χ2n) is 6.04. The van der Waals surface area contributed by atoms with Crippen molar-refractivity contribution in [2.24, 2.45) is 0 Å². The van der Waals surface area contributed by atoms with Crippen molar-refractivity contribution in [2.75, 3.05) is 0 Å². The predicted molar refractivity (Wildman–Crippen MR) is 105 cm³/mol. The molecule has 0 aliphatic carbocycles. The third kappa shape index (κ3) is 3.51. The number of amides is 2. The first-order chi connectivity index (χ1) is 13.2. The molecule has 1 unspecified atom stereocenters. The summed E-state index contributed by atoms with van der Waals surface area (Å²) >= 11 is 11.3. The minimum atomic E-state index is -1.60. The van der Waals surface area contributed by atoms with E-state index in [1.165, 1.54) is 13.0 Å². The van der Waals surface area contributed by atoms with Gasteiger partial charge in [-0.2, -0.15) is 0 Å². The molecule has 0 spiro atoms. The summed E-state index contributed by atoms with van der Waals surface area (Å²) in [5, 5.41) is 18.9. The van der Waals surface area contributed by atoms with Gasteiger partial charge in [0.2, 0.25) is 0 Å². The minimum Gasteiger partial charge on any atom is -0.465 e. The lowest BCUT2D eigenvalue weighted by Crippen LogP contribution is -2.37. The molecule has 2 amide bonds. The van der Waals surface area contributed by atoms with Gasteiger partial charge < -0.3 is 19.8 Å². The molecule has 0 saturated heterocycles. The maximum atomic E-state index is 12.0. The fourth-order valence-electron chi connectivity index (χ4n) is 3.08. The van der Waals surface area contributed by atoms with Crippen LogP contribution in [0.25, 0.3) is 11.0 Å². The minimum absolute atomic E-state index is 0.174. The first-order valence-corrected chi connectivity index (χ1v) is 8.83. The van der Waals surface area contributed by atoms with E-state index in [0.29, 0.717) is 32.1 Å². The molecule has 2 heterocycles.